The van der Waals surface area contributed by atoms with Crippen LogP contribution in [0.15, 0.2) is 30.5 Å². The van der Waals surface area contributed by atoms with Crippen LogP contribution >= 0.6 is 0 Å². The Balaban J connectivity index is 2.25. The molecule has 0 saturated carbocycles. The minimum atomic E-state index is -0.459. The highest BCUT2D eigenvalue weighted by Gasteiger charge is 2.10. The van der Waals surface area contributed by atoms with E-state index in [1.807, 2.05) is 7.05 Å². The molecule has 1 amide bonds. The molecule has 0 aliphatic rings. The molecule has 0 spiro atoms. The van der Waals surface area contributed by atoms with E-state index in [-0.39, 0.29) is 0 Å². The Morgan fingerprint density at radius 1 is 1.30 bits per heavy atom. The van der Waals surface area contributed by atoms with Gasteiger partial charge in [-0.15, -0.1) is 0 Å². The highest BCUT2D eigenvalue weighted by Crippen LogP contribution is 2.20. The van der Waals surface area contributed by atoms with E-state index in [0.29, 0.717) is 18.1 Å². The second-order valence-corrected chi connectivity index (χ2v) is 6.11. The largest absolute Gasteiger partial charge is 0.366 e. The smallest absolute Gasteiger partial charge is 0.248 e. The molecule has 0 radical (unpaired) electrons. The van der Waals surface area contributed by atoms with Crippen LogP contribution in [0, 0.1) is 11.8 Å². The summed E-state index contributed by atoms with van der Waals surface area (Å²) in [7, 11) is 1.99. The number of nitrogens with zero attached hydrogens (tertiary/aromatic N) is 3. The normalized spacial score (nSPS) is 10.0. The lowest BCUT2D eigenvalue weighted by Crippen LogP contribution is -2.21. The van der Waals surface area contributed by atoms with Crippen LogP contribution in [0.5, 0.6) is 0 Å². The summed E-state index contributed by atoms with van der Waals surface area (Å²) in [5.41, 5.74) is 12.8. The zero-order valence-corrected chi connectivity index (χ0v) is 15.8. The SMILES string of the molecule is CCCN(C)c1nc(Nc2ccc(C(N)=O)cc2)ncc1C#CCCCN. The van der Waals surface area contributed by atoms with Crippen molar-refractivity contribution in [3.8, 4) is 11.8 Å². The van der Waals surface area contributed by atoms with Gasteiger partial charge in [0.1, 0.15) is 5.82 Å². The molecule has 5 N–H and O–H groups in total. The number of aromatic nitrogens is 2. The molecule has 0 saturated heterocycles. The Hall–Kier alpha value is -3.11. The van der Waals surface area contributed by atoms with Gasteiger partial charge in [-0.2, -0.15) is 4.98 Å². The molecule has 27 heavy (non-hydrogen) atoms. The predicted molar refractivity (Wildman–Crippen MR) is 109 cm³/mol. The molecule has 2 aromatic rings. The van der Waals surface area contributed by atoms with Crippen LogP contribution in [-0.4, -0.2) is 36.0 Å². The number of carbonyl (C=O) groups excluding carboxylic acids is 1. The van der Waals surface area contributed by atoms with Gasteiger partial charge in [0.25, 0.3) is 0 Å². The number of carbonyl (C=O) groups is 1. The molecule has 2 rings (SSSR count). The molecule has 0 fully saturated rings. The molecule has 7 heteroatoms. The molecule has 0 aliphatic heterocycles. The van der Waals surface area contributed by atoms with Crippen LogP contribution in [0.3, 0.4) is 0 Å². The molecule has 0 aliphatic carbocycles. The monoisotopic (exact) mass is 366 g/mol. The van der Waals surface area contributed by atoms with Crippen molar-refractivity contribution < 1.29 is 4.79 Å². The Morgan fingerprint density at radius 2 is 2.04 bits per heavy atom. The summed E-state index contributed by atoms with van der Waals surface area (Å²) in [6.45, 7) is 3.61. The van der Waals surface area contributed by atoms with Gasteiger partial charge >= 0.3 is 0 Å². The summed E-state index contributed by atoms with van der Waals surface area (Å²) in [4.78, 5) is 22.2. The molecule has 0 atom stereocenters. The van der Waals surface area contributed by atoms with Gasteiger partial charge in [-0.3, -0.25) is 4.79 Å². The predicted octanol–water partition coefficient (Wildman–Crippen LogP) is 2.26. The maximum Gasteiger partial charge on any atom is 0.248 e. The first-order valence-electron chi connectivity index (χ1n) is 8.99. The van der Waals surface area contributed by atoms with Crippen molar-refractivity contribution in [3.05, 3.63) is 41.6 Å². The molecule has 1 heterocycles. The first kappa shape index (κ1) is 20.2. The first-order chi connectivity index (χ1) is 13.0. The van der Waals surface area contributed by atoms with E-state index in [4.69, 9.17) is 11.5 Å². The number of amides is 1. The van der Waals surface area contributed by atoms with E-state index < -0.39 is 5.91 Å². The Kier molecular flexibility index (Phi) is 7.59. The van der Waals surface area contributed by atoms with Gasteiger partial charge in [0.05, 0.1) is 11.8 Å². The van der Waals surface area contributed by atoms with Crippen molar-refractivity contribution in [1.29, 1.82) is 0 Å². The van der Waals surface area contributed by atoms with Crippen molar-refractivity contribution in [2.45, 2.75) is 26.2 Å². The topological polar surface area (TPSA) is 110 Å². The van der Waals surface area contributed by atoms with E-state index >= 15 is 0 Å². The minimum absolute atomic E-state index is 0.452. The van der Waals surface area contributed by atoms with E-state index in [1.54, 1.807) is 30.5 Å². The van der Waals surface area contributed by atoms with Gasteiger partial charge in [0.15, 0.2) is 0 Å². The molecule has 1 aromatic carbocycles. The van der Waals surface area contributed by atoms with Crippen LogP contribution in [0.2, 0.25) is 0 Å². The van der Waals surface area contributed by atoms with Crippen molar-refractivity contribution in [2.24, 2.45) is 11.5 Å². The maximum absolute atomic E-state index is 11.2. The van der Waals surface area contributed by atoms with Crippen LogP contribution in [0.25, 0.3) is 0 Å². The molecule has 7 nitrogen and oxygen atoms in total. The molecule has 0 bridgehead atoms. The number of rotatable bonds is 8. The van der Waals surface area contributed by atoms with E-state index in [1.165, 1.54) is 0 Å². The number of anilines is 3. The lowest BCUT2D eigenvalue weighted by molar-refractivity contribution is 0.100. The summed E-state index contributed by atoms with van der Waals surface area (Å²) >= 11 is 0. The highest BCUT2D eigenvalue weighted by molar-refractivity contribution is 5.93. The van der Waals surface area contributed by atoms with Gasteiger partial charge < -0.3 is 21.7 Å². The fourth-order valence-corrected chi connectivity index (χ4v) is 2.45. The third kappa shape index (κ3) is 5.97. The van der Waals surface area contributed by atoms with Crippen molar-refractivity contribution >= 4 is 23.4 Å². The Labute approximate surface area is 160 Å². The Bertz CT molecular complexity index is 823. The molecule has 1 aromatic heterocycles. The Morgan fingerprint density at radius 3 is 2.67 bits per heavy atom. The number of benzene rings is 1. The molecular weight excluding hydrogens is 340 g/mol. The summed E-state index contributed by atoms with van der Waals surface area (Å²) in [5.74, 6) is 7.06. The van der Waals surface area contributed by atoms with Gasteiger partial charge in [-0.05, 0) is 43.7 Å². The van der Waals surface area contributed by atoms with Crippen molar-refractivity contribution in [1.82, 2.24) is 9.97 Å². The quantitative estimate of drug-likeness (QED) is 0.488. The first-order valence-corrected chi connectivity index (χ1v) is 8.99. The lowest BCUT2D eigenvalue weighted by Gasteiger charge is -2.19. The van der Waals surface area contributed by atoms with E-state index in [0.717, 1.165) is 42.9 Å². The third-order valence-corrected chi connectivity index (χ3v) is 3.84. The third-order valence-electron chi connectivity index (χ3n) is 3.84. The van der Waals surface area contributed by atoms with Crippen LogP contribution < -0.4 is 21.7 Å². The zero-order valence-electron chi connectivity index (χ0n) is 15.8. The molecule has 142 valence electrons. The van der Waals surface area contributed by atoms with Crippen LogP contribution in [-0.2, 0) is 0 Å². The number of hydrogen-bond acceptors (Lipinski definition) is 6. The summed E-state index contributed by atoms with van der Waals surface area (Å²) in [6.07, 6.45) is 4.34. The van der Waals surface area contributed by atoms with Crippen LogP contribution in [0.4, 0.5) is 17.5 Å². The van der Waals surface area contributed by atoms with E-state index in [2.05, 4.69) is 38.9 Å². The molecular formula is C20H26N6O. The highest BCUT2D eigenvalue weighted by atomic mass is 16.1. The number of nitrogens with one attached hydrogen (secondary N) is 1. The number of primary amides is 1. The van der Waals surface area contributed by atoms with Crippen molar-refractivity contribution in [3.63, 3.8) is 0 Å². The van der Waals surface area contributed by atoms with E-state index in [9.17, 15) is 4.79 Å². The van der Waals surface area contributed by atoms with Gasteiger partial charge in [0.2, 0.25) is 11.9 Å². The number of unbranched alkanes of at least 4 members (excludes halogenated alkanes) is 1. The standard InChI is InChI=1S/C20H26N6O/c1-3-13-26(2)19-16(7-5-4-6-12-21)14-23-20(25-19)24-17-10-8-15(9-11-17)18(22)27/h8-11,14H,3-4,6,12-13,21H2,1-2H3,(H2,22,27)(H,23,24,25). The van der Waals surface area contributed by atoms with Gasteiger partial charge in [-0.25, -0.2) is 4.98 Å². The lowest BCUT2D eigenvalue weighted by atomic mass is 10.2. The molecule has 0 unspecified atom stereocenters. The number of nitrogens with two attached hydrogens (primary N) is 2. The fourth-order valence-electron chi connectivity index (χ4n) is 2.45. The second kappa shape index (κ2) is 10.1. The average molecular weight is 366 g/mol. The maximum atomic E-state index is 11.2. The minimum Gasteiger partial charge on any atom is -0.366 e. The summed E-state index contributed by atoms with van der Waals surface area (Å²) < 4.78 is 0. The summed E-state index contributed by atoms with van der Waals surface area (Å²) in [6, 6.07) is 6.84. The van der Waals surface area contributed by atoms with Gasteiger partial charge in [-0.1, -0.05) is 18.8 Å². The van der Waals surface area contributed by atoms with Crippen LogP contribution in [0.1, 0.15) is 42.1 Å². The van der Waals surface area contributed by atoms with Gasteiger partial charge in [0, 0.05) is 31.3 Å². The van der Waals surface area contributed by atoms with Crippen molar-refractivity contribution in [2.75, 3.05) is 30.4 Å². The summed E-state index contributed by atoms with van der Waals surface area (Å²) in [5, 5.41) is 3.15. The average Bonchev–Trinajstić information content (AvgIpc) is 2.66. The fraction of sp³-hybridized carbons (Fsp3) is 0.350. The number of hydrogen-bond donors (Lipinski definition) is 3. The second-order valence-electron chi connectivity index (χ2n) is 6.11. The zero-order chi connectivity index (χ0) is 19.6.